The molecule has 1 aromatic rings. The number of aryl methyl sites for hydroxylation is 1. The quantitative estimate of drug-likeness (QED) is 0.747. The summed E-state index contributed by atoms with van der Waals surface area (Å²) >= 11 is 2.01. The lowest BCUT2D eigenvalue weighted by atomic mass is 10.1. The van der Waals surface area contributed by atoms with E-state index >= 15 is 0 Å². The number of halogens is 1. The molecule has 0 radical (unpaired) electrons. The molecule has 1 aromatic carbocycles. The molecule has 0 aliphatic carbocycles. The Bertz CT molecular complexity index is 422. The number of hydrogen-bond donors (Lipinski definition) is 1. The maximum Gasteiger partial charge on any atom is 0.128 e. The number of hydrogen-bond acceptors (Lipinski definition) is 3. The third-order valence-corrected chi connectivity index (χ3v) is 4.43. The first-order valence-corrected chi connectivity index (χ1v) is 6.79. The van der Waals surface area contributed by atoms with Crippen molar-refractivity contribution in [3.05, 3.63) is 23.5 Å². The molecule has 16 heavy (non-hydrogen) atoms. The highest BCUT2D eigenvalue weighted by atomic mass is 32.2. The fraction of sp³-hybridized carbons (Fsp3) is 0.500. The Morgan fingerprint density at radius 2 is 2.38 bits per heavy atom. The van der Waals surface area contributed by atoms with Crippen molar-refractivity contribution in [3.63, 3.8) is 0 Å². The van der Waals surface area contributed by atoms with Gasteiger partial charge in [-0.05, 0) is 24.6 Å². The summed E-state index contributed by atoms with van der Waals surface area (Å²) in [7, 11) is 0. The topological polar surface area (TPSA) is 15.3 Å². The lowest BCUT2D eigenvalue weighted by molar-refractivity contribution is 0.612. The number of anilines is 2. The van der Waals surface area contributed by atoms with E-state index in [1.165, 1.54) is 17.2 Å². The maximum absolute atomic E-state index is 13.5. The zero-order valence-corrected chi connectivity index (χ0v) is 10.1. The zero-order chi connectivity index (χ0) is 11.1. The lowest BCUT2D eigenvalue weighted by Gasteiger charge is -2.42. The minimum absolute atomic E-state index is 0.115. The molecule has 3 rings (SSSR count). The highest BCUT2D eigenvalue weighted by Gasteiger charge is 2.29. The molecular weight excluding hydrogens is 223 g/mol. The molecule has 2 nitrogen and oxygen atoms in total. The van der Waals surface area contributed by atoms with Crippen LogP contribution in [-0.4, -0.2) is 30.6 Å². The number of nitrogens with zero attached hydrogens (tertiary/aromatic N) is 1. The summed E-state index contributed by atoms with van der Waals surface area (Å²) in [5.41, 5.74) is 2.86. The van der Waals surface area contributed by atoms with Crippen molar-refractivity contribution in [1.82, 2.24) is 0 Å². The summed E-state index contributed by atoms with van der Waals surface area (Å²) in [5.74, 6) is 2.23. The van der Waals surface area contributed by atoms with E-state index in [2.05, 4.69) is 10.2 Å². The normalized spacial score (nSPS) is 23.4. The summed E-state index contributed by atoms with van der Waals surface area (Å²) in [5, 5.41) is 3.33. The van der Waals surface area contributed by atoms with Crippen LogP contribution in [0.1, 0.15) is 5.56 Å². The standard InChI is InChI=1S/C12H15FN2S/c1-8-4-12-11(5-10(8)13)14-6-9-7-16-3-2-15(9)12/h4-5,9,14H,2-3,6-7H2,1H3. The Kier molecular flexibility index (Phi) is 2.46. The molecule has 1 unspecified atom stereocenters. The van der Waals surface area contributed by atoms with Crippen molar-refractivity contribution in [2.75, 3.05) is 34.8 Å². The van der Waals surface area contributed by atoms with Crippen molar-refractivity contribution < 1.29 is 4.39 Å². The molecule has 0 saturated carbocycles. The first-order valence-electron chi connectivity index (χ1n) is 5.64. The minimum atomic E-state index is -0.115. The fourth-order valence-corrected chi connectivity index (χ4v) is 3.48. The van der Waals surface area contributed by atoms with E-state index in [4.69, 9.17) is 0 Å². The second-order valence-corrected chi connectivity index (χ2v) is 5.57. The zero-order valence-electron chi connectivity index (χ0n) is 9.29. The first-order chi connectivity index (χ1) is 7.75. The van der Waals surface area contributed by atoms with E-state index in [1.807, 2.05) is 24.8 Å². The number of rotatable bonds is 0. The molecule has 2 aliphatic rings. The van der Waals surface area contributed by atoms with E-state index in [0.29, 0.717) is 6.04 Å². The minimum Gasteiger partial charge on any atom is -0.381 e. The van der Waals surface area contributed by atoms with Crippen LogP contribution in [0.2, 0.25) is 0 Å². The Morgan fingerprint density at radius 3 is 3.25 bits per heavy atom. The lowest BCUT2D eigenvalue weighted by Crippen LogP contribution is -2.49. The molecule has 86 valence electrons. The molecule has 2 heterocycles. The van der Waals surface area contributed by atoms with Crippen molar-refractivity contribution in [2.24, 2.45) is 0 Å². The van der Waals surface area contributed by atoms with Gasteiger partial charge in [0.15, 0.2) is 0 Å². The van der Waals surface area contributed by atoms with Crippen LogP contribution < -0.4 is 10.2 Å². The molecule has 1 fully saturated rings. The van der Waals surface area contributed by atoms with Gasteiger partial charge in [-0.1, -0.05) is 0 Å². The first kappa shape index (κ1) is 10.3. The van der Waals surface area contributed by atoms with E-state index in [1.54, 1.807) is 6.07 Å². The second-order valence-electron chi connectivity index (χ2n) is 4.42. The van der Waals surface area contributed by atoms with Crippen LogP contribution in [0.25, 0.3) is 0 Å². The third-order valence-electron chi connectivity index (χ3n) is 3.34. The van der Waals surface area contributed by atoms with Crippen LogP contribution in [0.3, 0.4) is 0 Å². The summed E-state index contributed by atoms with van der Waals surface area (Å²) in [4.78, 5) is 2.43. The van der Waals surface area contributed by atoms with Gasteiger partial charge in [0.05, 0.1) is 17.4 Å². The van der Waals surface area contributed by atoms with Gasteiger partial charge in [0, 0.05) is 24.6 Å². The molecule has 1 atom stereocenters. The van der Waals surface area contributed by atoms with Crippen LogP contribution in [0.15, 0.2) is 12.1 Å². The van der Waals surface area contributed by atoms with Crippen molar-refractivity contribution >= 4 is 23.1 Å². The van der Waals surface area contributed by atoms with Crippen molar-refractivity contribution in [2.45, 2.75) is 13.0 Å². The molecule has 0 spiro atoms. The van der Waals surface area contributed by atoms with Gasteiger partial charge < -0.3 is 10.2 Å². The predicted octanol–water partition coefficient (Wildman–Crippen LogP) is 2.48. The van der Waals surface area contributed by atoms with Gasteiger partial charge in [-0.3, -0.25) is 0 Å². The molecule has 2 aliphatic heterocycles. The number of fused-ring (bicyclic) bond motifs is 3. The average Bonchev–Trinajstić information content (AvgIpc) is 2.31. The molecule has 0 aromatic heterocycles. The monoisotopic (exact) mass is 238 g/mol. The van der Waals surface area contributed by atoms with Crippen LogP contribution in [0, 0.1) is 12.7 Å². The maximum atomic E-state index is 13.5. The summed E-state index contributed by atoms with van der Waals surface area (Å²) in [6.07, 6.45) is 0. The average molecular weight is 238 g/mol. The highest BCUT2D eigenvalue weighted by Crippen LogP contribution is 2.36. The Balaban J connectivity index is 2.04. The Morgan fingerprint density at radius 1 is 1.50 bits per heavy atom. The van der Waals surface area contributed by atoms with Crippen LogP contribution in [0.5, 0.6) is 0 Å². The molecule has 0 bridgehead atoms. The number of nitrogens with one attached hydrogen (secondary N) is 1. The molecule has 1 saturated heterocycles. The molecule has 4 heteroatoms. The second kappa shape index (κ2) is 3.84. The summed E-state index contributed by atoms with van der Waals surface area (Å²) in [6, 6.07) is 4.17. The van der Waals surface area contributed by atoms with E-state index in [0.717, 1.165) is 24.3 Å². The van der Waals surface area contributed by atoms with Gasteiger partial charge in [-0.2, -0.15) is 11.8 Å². The van der Waals surface area contributed by atoms with E-state index in [-0.39, 0.29) is 5.82 Å². The SMILES string of the molecule is Cc1cc2c(cc1F)NCC1CSCCN21. The van der Waals surface area contributed by atoms with Gasteiger partial charge in [-0.25, -0.2) is 4.39 Å². The van der Waals surface area contributed by atoms with E-state index < -0.39 is 0 Å². The summed E-state index contributed by atoms with van der Waals surface area (Å²) in [6.45, 7) is 3.84. The highest BCUT2D eigenvalue weighted by molar-refractivity contribution is 7.99. The largest absolute Gasteiger partial charge is 0.381 e. The third kappa shape index (κ3) is 1.56. The number of thioether (sulfide) groups is 1. The Labute approximate surface area is 99.2 Å². The van der Waals surface area contributed by atoms with Crippen LogP contribution in [-0.2, 0) is 0 Å². The molecule has 0 amide bonds. The number of benzene rings is 1. The van der Waals surface area contributed by atoms with Crippen molar-refractivity contribution in [1.29, 1.82) is 0 Å². The van der Waals surface area contributed by atoms with Gasteiger partial charge in [0.1, 0.15) is 5.82 Å². The van der Waals surface area contributed by atoms with Gasteiger partial charge in [0.2, 0.25) is 0 Å². The fourth-order valence-electron chi connectivity index (χ4n) is 2.41. The van der Waals surface area contributed by atoms with Crippen LogP contribution >= 0.6 is 11.8 Å². The van der Waals surface area contributed by atoms with Gasteiger partial charge in [0.25, 0.3) is 0 Å². The van der Waals surface area contributed by atoms with Gasteiger partial charge >= 0.3 is 0 Å². The predicted molar refractivity (Wildman–Crippen MR) is 68.1 cm³/mol. The molecular formula is C12H15FN2S. The van der Waals surface area contributed by atoms with Crippen LogP contribution in [0.4, 0.5) is 15.8 Å². The Hall–Kier alpha value is -0.900. The van der Waals surface area contributed by atoms with Crippen molar-refractivity contribution in [3.8, 4) is 0 Å². The van der Waals surface area contributed by atoms with E-state index in [9.17, 15) is 4.39 Å². The smallest absolute Gasteiger partial charge is 0.128 e. The summed E-state index contributed by atoms with van der Waals surface area (Å²) < 4.78 is 13.5. The molecule has 1 N–H and O–H groups in total. The van der Waals surface area contributed by atoms with Gasteiger partial charge in [-0.15, -0.1) is 0 Å².